The second-order valence-corrected chi connectivity index (χ2v) is 3.21. The van der Waals surface area contributed by atoms with Crippen molar-refractivity contribution < 1.29 is 27.1 Å². The number of hydrogen-bond acceptors (Lipinski definition) is 3. The van der Waals surface area contributed by atoms with Gasteiger partial charge < -0.3 is 10.4 Å². The minimum Gasteiger partial charge on any atom is -0.385 e. The minimum atomic E-state index is -4.49. The first kappa shape index (κ1) is 13.6. The molecule has 0 saturated heterocycles. The minimum absolute atomic E-state index is 0.0160. The monoisotopic (exact) mass is 256 g/mol. The van der Waals surface area contributed by atoms with Crippen LogP contribution in [0, 0.1) is 0 Å². The average Bonchev–Trinajstić information content (AvgIpc) is 2.25. The van der Waals surface area contributed by atoms with Crippen molar-refractivity contribution in [2.45, 2.75) is 18.7 Å². The topological polar surface area (TPSA) is 45.1 Å². The maximum Gasteiger partial charge on any atom is 0.417 e. The van der Waals surface area contributed by atoms with E-state index in [0.717, 1.165) is 12.1 Å². The van der Waals surface area contributed by atoms with Crippen molar-refractivity contribution in [2.24, 2.45) is 0 Å². The normalized spacial score (nSPS) is 13.8. The summed E-state index contributed by atoms with van der Waals surface area (Å²) in [7, 11) is 0. The smallest absolute Gasteiger partial charge is 0.385 e. The van der Waals surface area contributed by atoms with E-state index in [1.165, 1.54) is 0 Å². The van der Waals surface area contributed by atoms with Gasteiger partial charge in [-0.2, -0.15) is 13.2 Å². The molecule has 0 amide bonds. The van der Waals surface area contributed by atoms with Gasteiger partial charge in [0.1, 0.15) is 11.9 Å². The van der Waals surface area contributed by atoms with Crippen molar-refractivity contribution in [1.82, 2.24) is 4.98 Å². The van der Waals surface area contributed by atoms with Gasteiger partial charge in [-0.15, -0.1) is 0 Å². The average molecular weight is 256 g/mol. The van der Waals surface area contributed by atoms with Crippen LogP contribution in [0.15, 0.2) is 18.3 Å². The summed E-state index contributed by atoms with van der Waals surface area (Å²) in [5.74, 6) is -0.0160. The number of nitrogens with one attached hydrogen (secondary N) is 1. The highest BCUT2D eigenvalue weighted by Crippen LogP contribution is 2.28. The van der Waals surface area contributed by atoms with Crippen LogP contribution < -0.4 is 5.32 Å². The number of aromatic nitrogens is 1. The maximum absolute atomic E-state index is 12.1. The summed E-state index contributed by atoms with van der Waals surface area (Å²) in [6.45, 7) is -0.490. The van der Waals surface area contributed by atoms with Gasteiger partial charge >= 0.3 is 6.18 Å². The zero-order valence-corrected chi connectivity index (χ0v) is 8.38. The number of alkyl halides is 5. The highest BCUT2D eigenvalue weighted by atomic mass is 19.4. The first-order valence-electron chi connectivity index (χ1n) is 4.54. The van der Waals surface area contributed by atoms with Gasteiger partial charge in [-0.25, -0.2) is 13.8 Å². The molecule has 2 N–H and O–H groups in total. The van der Waals surface area contributed by atoms with Gasteiger partial charge in [0.2, 0.25) is 0 Å². The van der Waals surface area contributed by atoms with E-state index >= 15 is 0 Å². The summed E-state index contributed by atoms with van der Waals surface area (Å²) in [6.07, 6.45) is -8.72. The van der Waals surface area contributed by atoms with E-state index in [4.69, 9.17) is 5.11 Å². The van der Waals surface area contributed by atoms with E-state index in [2.05, 4.69) is 10.3 Å². The van der Waals surface area contributed by atoms with Crippen LogP contribution in [0.4, 0.5) is 27.8 Å². The SMILES string of the molecule is OC(CNc1ccc(C(F)(F)F)cn1)C(F)F. The number of aliphatic hydroxyl groups is 1. The van der Waals surface area contributed by atoms with Gasteiger partial charge in [-0.3, -0.25) is 0 Å². The van der Waals surface area contributed by atoms with E-state index in [9.17, 15) is 22.0 Å². The van der Waals surface area contributed by atoms with Crippen LogP contribution in [0.3, 0.4) is 0 Å². The molecule has 1 aromatic rings. The number of rotatable bonds is 4. The predicted octanol–water partition coefficient (Wildman–Crippen LogP) is 2.14. The van der Waals surface area contributed by atoms with Gasteiger partial charge in [-0.1, -0.05) is 0 Å². The molecule has 0 aliphatic heterocycles. The largest absolute Gasteiger partial charge is 0.417 e. The Morgan fingerprint density at radius 3 is 2.35 bits per heavy atom. The van der Waals surface area contributed by atoms with Crippen molar-refractivity contribution in [3.8, 4) is 0 Å². The molecular formula is C9H9F5N2O. The third kappa shape index (κ3) is 4.14. The lowest BCUT2D eigenvalue weighted by Crippen LogP contribution is -2.27. The van der Waals surface area contributed by atoms with Gasteiger partial charge in [0.15, 0.2) is 0 Å². The Morgan fingerprint density at radius 1 is 1.29 bits per heavy atom. The van der Waals surface area contributed by atoms with E-state index in [1.54, 1.807) is 0 Å². The quantitative estimate of drug-likeness (QED) is 0.811. The molecule has 1 unspecified atom stereocenters. The van der Waals surface area contributed by atoms with Crippen LogP contribution >= 0.6 is 0 Å². The van der Waals surface area contributed by atoms with Crippen molar-refractivity contribution >= 4 is 5.82 Å². The molecule has 96 valence electrons. The molecule has 1 rings (SSSR count). The molecule has 0 aromatic carbocycles. The standard InChI is InChI=1S/C9H9F5N2O/c10-8(11)6(17)4-16-7-2-1-5(3-15-7)9(12,13)14/h1-3,6,8,17H,4H2,(H,15,16). The fourth-order valence-electron chi connectivity index (χ4n) is 0.964. The second kappa shape index (κ2) is 5.26. The van der Waals surface area contributed by atoms with Crippen molar-refractivity contribution in [3.05, 3.63) is 23.9 Å². The highest BCUT2D eigenvalue weighted by molar-refractivity contribution is 5.36. The molecule has 1 atom stereocenters. The highest BCUT2D eigenvalue weighted by Gasteiger charge is 2.30. The molecule has 1 aromatic heterocycles. The first-order chi connectivity index (χ1) is 7.80. The van der Waals surface area contributed by atoms with Gasteiger partial charge in [0, 0.05) is 12.7 Å². The lowest BCUT2D eigenvalue weighted by atomic mass is 10.3. The molecule has 0 aliphatic rings. The van der Waals surface area contributed by atoms with Crippen LogP contribution in [0.5, 0.6) is 0 Å². The van der Waals surface area contributed by atoms with Crippen LogP contribution in [-0.4, -0.2) is 29.2 Å². The number of halogens is 5. The van der Waals surface area contributed by atoms with E-state index < -0.39 is 30.8 Å². The number of pyridine rings is 1. The lowest BCUT2D eigenvalue weighted by molar-refractivity contribution is -0.137. The summed E-state index contributed by atoms with van der Waals surface area (Å²) >= 11 is 0. The zero-order valence-electron chi connectivity index (χ0n) is 8.38. The molecule has 0 bridgehead atoms. The number of hydrogen-bond donors (Lipinski definition) is 2. The molecule has 0 aliphatic carbocycles. The second-order valence-electron chi connectivity index (χ2n) is 3.21. The van der Waals surface area contributed by atoms with E-state index in [1.807, 2.05) is 0 Å². The molecule has 8 heteroatoms. The van der Waals surface area contributed by atoms with Gasteiger partial charge in [0.05, 0.1) is 5.56 Å². The number of nitrogens with zero attached hydrogens (tertiary/aromatic N) is 1. The Kier molecular flexibility index (Phi) is 4.22. The first-order valence-corrected chi connectivity index (χ1v) is 4.54. The fraction of sp³-hybridized carbons (Fsp3) is 0.444. The maximum atomic E-state index is 12.1. The van der Waals surface area contributed by atoms with Crippen LogP contribution in [0.25, 0.3) is 0 Å². The zero-order chi connectivity index (χ0) is 13.1. The molecule has 0 saturated carbocycles. The Labute approximate surface area is 93.3 Å². The Morgan fingerprint density at radius 2 is 1.94 bits per heavy atom. The van der Waals surface area contributed by atoms with Crippen molar-refractivity contribution in [2.75, 3.05) is 11.9 Å². The van der Waals surface area contributed by atoms with Crippen molar-refractivity contribution in [3.63, 3.8) is 0 Å². The molecule has 0 fully saturated rings. The Balaban J connectivity index is 2.57. The fourth-order valence-corrected chi connectivity index (χ4v) is 0.964. The van der Waals surface area contributed by atoms with Gasteiger partial charge in [-0.05, 0) is 12.1 Å². The molecule has 1 heterocycles. The van der Waals surface area contributed by atoms with E-state index in [-0.39, 0.29) is 5.82 Å². The third-order valence-electron chi connectivity index (χ3n) is 1.87. The van der Waals surface area contributed by atoms with Crippen LogP contribution in [0.2, 0.25) is 0 Å². The predicted molar refractivity (Wildman–Crippen MR) is 49.7 cm³/mol. The number of aliphatic hydroxyl groups excluding tert-OH is 1. The van der Waals surface area contributed by atoms with Crippen molar-refractivity contribution in [1.29, 1.82) is 0 Å². The molecule has 3 nitrogen and oxygen atoms in total. The van der Waals surface area contributed by atoms with Crippen LogP contribution in [0.1, 0.15) is 5.56 Å². The molecule has 0 radical (unpaired) electrons. The summed E-state index contributed by atoms with van der Waals surface area (Å²) in [5.41, 5.74) is -0.933. The Bertz CT molecular complexity index is 351. The molecule has 17 heavy (non-hydrogen) atoms. The Hall–Kier alpha value is -1.44. The third-order valence-corrected chi connectivity index (χ3v) is 1.87. The van der Waals surface area contributed by atoms with E-state index in [0.29, 0.717) is 6.20 Å². The molecule has 0 spiro atoms. The molecular weight excluding hydrogens is 247 g/mol. The lowest BCUT2D eigenvalue weighted by Gasteiger charge is -2.11. The number of anilines is 1. The summed E-state index contributed by atoms with van der Waals surface area (Å²) in [4.78, 5) is 3.39. The summed E-state index contributed by atoms with van der Waals surface area (Å²) < 4.78 is 60.2. The summed E-state index contributed by atoms with van der Waals surface area (Å²) in [5, 5.41) is 11.0. The van der Waals surface area contributed by atoms with Crippen LogP contribution in [-0.2, 0) is 6.18 Å². The summed E-state index contributed by atoms with van der Waals surface area (Å²) in [6, 6.07) is 1.77. The van der Waals surface area contributed by atoms with Gasteiger partial charge in [0.25, 0.3) is 6.43 Å².